The number of ketones is 1. The summed E-state index contributed by atoms with van der Waals surface area (Å²) in [5.41, 5.74) is 1.88. The van der Waals surface area contributed by atoms with E-state index < -0.39 is 29.5 Å². The molecule has 2 heterocycles. The first-order valence-corrected chi connectivity index (χ1v) is 12.2. The largest absolute Gasteiger partial charge is 0.507 e. The molecule has 1 amide bonds. The number of carbonyl (C=O) groups excluding carboxylic acids is 2. The summed E-state index contributed by atoms with van der Waals surface area (Å²) in [5.74, 6) is -2.09. The van der Waals surface area contributed by atoms with Crippen molar-refractivity contribution in [2.24, 2.45) is 0 Å². The third-order valence-corrected chi connectivity index (χ3v) is 7.50. The molecule has 1 aromatic heterocycles. The lowest BCUT2D eigenvalue weighted by Gasteiger charge is -2.26. The average Bonchev–Trinajstić information content (AvgIpc) is 3.32. The number of carbonyl (C=O) groups is 2. The van der Waals surface area contributed by atoms with E-state index in [9.17, 15) is 27.9 Å². The molecular formula is C28H26F3NO3S. The highest BCUT2D eigenvalue weighted by Gasteiger charge is 2.48. The Kier molecular flexibility index (Phi) is 6.37. The van der Waals surface area contributed by atoms with Crippen LogP contribution in [-0.4, -0.2) is 16.8 Å². The van der Waals surface area contributed by atoms with Crippen LogP contribution in [0.25, 0.3) is 5.76 Å². The van der Waals surface area contributed by atoms with Crippen LogP contribution in [0.15, 0.2) is 59.5 Å². The molecule has 0 aliphatic carbocycles. The minimum atomic E-state index is -4.54. The first kappa shape index (κ1) is 25.7. The number of anilines is 1. The van der Waals surface area contributed by atoms with E-state index in [4.69, 9.17) is 0 Å². The van der Waals surface area contributed by atoms with Gasteiger partial charge in [0, 0.05) is 16.1 Å². The number of amides is 1. The van der Waals surface area contributed by atoms with Crippen LogP contribution < -0.4 is 4.90 Å². The van der Waals surface area contributed by atoms with Gasteiger partial charge in [-0.1, -0.05) is 32.9 Å². The molecule has 1 saturated heterocycles. The van der Waals surface area contributed by atoms with E-state index in [1.807, 2.05) is 57.3 Å². The second-order valence-electron chi connectivity index (χ2n) is 9.96. The maximum absolute atomic E-state index is 13.4. The molecule has 1 aliphatic rings. The monoisotopic (exact) mass is 513 g/mol. The van der Waals surface area contributed by atoms with E-state index in [-0.39, 0.29) is 22.4 Å². The van der Waals surface area contributed by atoms with Crippen molar-refractivity contribution < 1.29 is 27.9 Å². The zero-order chi connectivity index (χ0) is 26.6. The van der Waals surface area contributed by atoms with Crippen molar-refractivity contribution in [1.29, 1.82) is 0 Å². The van der Waals surface area contributed by atoms with Gasteiger partial charge in [0.15, 0.2) is 0 Å². The van der Waals surface area contributed by atoms with Gasteiger partial charge < -0.3 is 5.11 Å². The van der Waals surface area contributed by atoms with Gasteiger partial charge in [-0.25, -0.2) is 0 Å². The molecule has 0 saturated carbocycles. The van der Waals surface area contributed by atoms with Gasteiger partial charge in [-0.3, -0.25) is 14.5 Å². The number of thiophene rings is 1. The van der Waals surface area contributed by atoms with Crippen LogP contribution in [0.4, 0.5) is 18.9 Å². The number of hydrogen-bond donors (Lipinski definition) is 1. The fourth-order valence-electron chi connectivity index (χ4n) is 4.31. The summed E-state index contributed by atoms with van der Waals surface area (Å²) in [7, 11) is 0. The van der Waals surface area contributed by atoms with Crippen LogP contribution >= 0.6 is 11.3 Å². The SMILES string of the molecule is Cc1ccc(C(C)(C)C)cc1/C(O)=C1\C(=O)C(=O)N(c2ccc(C(F)(F)F)cc2)C1c1sccc1C. The first-order chi connectivity index (χ1) is 16.7. The summed E-state index contributed by atoms with van der Waals surface area (Å²) in [6.07, 6.45) is -4.54. The fraction of sp³-hybridized carbons (Fsp3) is 0.286. The zero-order valence-electron chi connectivity index (χ0n) is 20.5. The number of hydrogen-bond acceptors (Lipinski definition) is 4. The highest BCUT2D eigenvalue weighted by molar-refractivity contribution is 7.10. The van der Waals surface area contributed by atoms with Crippen molar-refractivity contribution in [2.45, 2.75) is 52.3 Å². The van der Waals surface area contributed by atoms with E-state index in [0.717, 1.165) is 28.8 Å². The number of aliphatic hydroxyl groups excluding tert-OH is 1. The number of aryl methyl sites for hydroxylation is 2. The zero-order valence-corrected chi connectivity index (χ0v) is 21.3. The Labute approximate surface area is 211 Å². The summed E-state index contributed by atoms with van der Waals surface area (Å²) in [4.78, 5) is 28.5. The van der Waals surface area contributed by atoms with Crippen molar-refractivity contribution in [2.75, 3.05) is 4.90 Å². The third-order valence-electron chi connectivity index (χ3n) is 6.43. The van der Waals surface area contributed by atoms with Gasteiger partial charge in [0.05, 0.1) is 11.1 Å². The number of nitrogens with zero attached hydrogens (tertiary/aromatic N) is 1. The number of aliphatic hydroxyl groups is 1. The van der Waals surface area contributed by atoms with Crippen LogP contribution in [0, 0.1) is 13.8 Å². The van der Waals surface area contributed by atoms with Crippen LogP contribution in [0.3, 0.4) is 0 Å². The standard InChI is InChI=1S/C28H26F3NO3S/c1-15-6-7-18(27(3,4)5)14-20(15)23(33)21-22(25-16(2)12-13-36-25)32(26(35)24(21)34)19-10-8-17(9-11-19)28(29,30)31/h6-14,22,33H,1-5H3/b23-21+. The Balaban J connectivity index is 1.94. The second kappa shape index (κ2) is 8.92. The molecule has 2 aromatic carbocycles. The number of Topliss-reactive ketones (excluding diaryl/α,β-unsaturated/α-hetero) is 1. The van der Waals surface area contributed by atoms with Crippen LogP contribution in [0.2, 0.25) is 0 Å². The summed E-state index contributed by atoms with van der Waals surface area (Å²) in [5, 5.41) is 13.3. The van der Waals surface area contributed by atoms with E-state index in [0.29, 0.717) is 10.4 Å². The average molecular weight is 514 g/mol. The minimum Gasteiger partial charge on any atom is -0.507 e. The van der Waals surface area contributed by atoms with E-state index in [1.165, 1.54) is 28.4 Å². The molecule has 8 heteroatoms. The summed E-state index contributed by atoms with van der Waals surface area (Å²) in [6.45, 7) is 9.71. The fourth-order valence-corrected chi connectivity index (χ4v) is 5.34. The lowest BCUT2D eigenvalue weighted by molar-refractivity contribution is -0.137. The third kappa shape index (κ3) is 4.46. The number of benzene rings is 2. The predicted octanol–water partition coefficient (Wildman–Crippen LogP) is 7.31. The molecule has 36 heavy (non-hydrogen) atoms. The van der Waals surface area contributed by atoms with Crippen molar-refractivity contribution in [3.8, 4) is 0 Å². The second-order valence-corrected chi connectivity index (χ2v) is 10.9. The Morgan fingerprint density at radius 3 is 2.06 bits per heavy atom. The molecule has 188 valence electrons. The topological polar surface area (TPSA) is 57.6 Å². The normalized spacial score (nSPS) is 18.2. The van der Waals surface area contributed by atoms with E-state index in [2.05, 4.69) is 0 Å². The molecule has 4 rings (SSSR count). The van der Waals surface area contributed by atoms with Crippen LogP contribution in [0.1, 0.15) is 59.5 Å². The number of rotatable bonds is 3. The number of halogens is 3. The quantitative estimate of drug-likeness (QED) is 0.227. The summed E-state index contributed by atoms with van der Waals surface area (Å²) < 4.78 is 39.4. The highest BCUT2D eigenvalue weighted by Crippen LogP contribution is 2.45. The maximum Gasteiger partial charge on any atom is 0.416 e. The molecular weight excluding hydrogens is 487 g/mol. The molecule has 1 fully saturated rings. The van der Waals surface area contributed by atoms with E-state index in [1.54, 1.807) is 6.92 Å². The van der Waals surface area contributed by atoms with Crippen molar-refractivity contribution >= 4 is 34.5 Å². The smallest absolute Gasteiger partial charge is 0.416 e. The van der Waals surface area contributed by atoms with Crippen LogP contribution in [0.5, 0.6) is 0 Å². The van der Waals surface area contributed by atoms with E-state index >= 15 is 0 Å². The van der Waals surface area contributed by atoms with Crippen LogP contribution in [-0.2, 0) is 21.2 Å². The molecule has 1 N–H and O–H groups in total. The first-order valence-electron chi connectivity index (χ1n) is 11.4. The van der Waals surface area contributed by atoms with Gasteiger partial charge >= 0.3 is 6.18 Å². The molecule has 3 aromatic rings. The maximum atomic E-state index is 13.4. The predicted molar refractivity (Wildman–Crippen MR) is 135 cm³/mol. The molecule has 0 bridgehead atoms. The molecule has 1 unspecified atom stereocenters. The summed E-state index contributed by atoms with van der Waals surface area (Å²) >= 11 is 1.31. The Morgan fingerprint density at radius 1 is 0.917 bits per heavy atom. The van der Waals surface area contributed by atoms with Gasteiger partial charge in [0.25, 0.3) is 11.7 Å². The number of alkyl halides is 3. The van der Waals surface area contributed by atoms with Gasteiger partial charge in [0.1, 0.15) is 11.8 Å². The molecule has 1 atom stereocenters. The highest BCUT2D eigenvalue weighted by atomic mass is 32.1. The van der Waals surface area contributed by atoms with Crippen molar-refractivity contribution in [3.63, 3.8) is 0 Å². The molecule has 4 nitrogen and oxygen atoms in total. The molecule has 0 radical (unpaired) electrons. The van der Waals surface area contributed by atoms with Gasteiger partial charge in [0.2, 0.25) is 0 Å². The minimum absolute atomic E-state index is 0.0837. The Hall–Kier alpha value is -3.39. The Bertz CT molecular complexity index is 1380. The lowest BCUT2D eigenvalue weighted by atomic mass is 9.84. The summed E-state index contributed by atoms with van der Waals surface area (Å²) in [6, 6.07) is 10.6. The Morgan fingerprint density at radius 2 is 1.53 bits per heavy atom. The molecule has 0 spiro atoms. The van der Waals surface area contributed by atoms with Gasteiger partial charge in [-0.15, -0.1) is 11.3 Å². The lowest BCUT2D eigenvalue weighted by Crippen LogP contribution is -2.29. The van der Waals surface area contributed by atoms with Gasteiger partial charge in [-0.05, 0) is 77.7 Å². The van der Waals surface area contributed by atoms with Crippen molar-refractivity contribution in [3.05, 3.63) is 92.2 Å². The van der Waals surface area contributed by atoms with Gasteiger partial charge in [-0.2, -0.15) is 13.2 Å². The molecule has 1 aliphatic heterocycles. The van der Waals surface area contributed by atoms with Crippen molar-refractivity contribution in [1.82, 2.24) is 0 Å².